The van der Waals surface area contributed by atoms with Crippen molar-refractivity contribution in [3.8, 4) is 16.9 Å². The van der Waals surface area contributed by atoms with Crippen LogP contribution in [0.3, 0.4) is 0 Å². The molecule has 0 unspecified atom stereocenters. The van der Waals surface area contributed by atoms with Crippen LogP contribution in [0.2, 0.25) is 0 Å². The van der Waals surface area contributed by atoms with E-state index in [9.17, 15) is 9.59 Å². The van der Waals surface area contributed by atoms with Crippen molar-refractivity contribution in [2.75, 3.05) is 17.7 Å². The molecule has 2 heterocycles. The smallest absolute Gasteiger partial charge is 0.238 e. The number of methoxy groups -OCH3 is 1. The van der Waals surface area contributed by atoms with E-state index in [4.69, 9.17) is 10.5 Å². The second-order valence-electron chi connectivity index (χ2n) is 8.28. The second kappa shape index (κ2) is 7.25. The molecular formula is C23H23N3O3S. The zero-order valence-corrected chi connectivity index (χ0v) is 18.2. The number of nitrogens with two attached hydrogens (primary N) is 1. The number of carbonyl (C=O) groups excluding carboxylic acids is 2. The number of allylic oxidation sites excluding steroid dienone is 1. The van der Waals surface area contributed by atoms with Gasteiger partial charge < -0.3 is 10.5 Å². The van der Waals surface area contributed by atoms with Gasteiger partial charge in [-0.25, -0.2) is 4.98 Å². The molecule has 0 aliphatic carbocycles. The molecule has 0 spiro atoms. The van der Waals surface area contributed by atoms with Crippen molar-refractivity contribution in [2.24, 2.45) is 0 Å². The number of benzene rings is 2. The van der Waals surface area contributed by atoms with Gasteiger partial charge in [-0.3, -0.25) is 14.5 Å². The van der Waals surface area contributed by atoms with Gasteiger partial charge in [0.05, 0.1) is 23.7 Å². The Balaban J connectivity index is 1.96. The topological polar surface area (TPSA) is 85.5 Å². The van der Waals surface area contributed by atoms with Crippen LogP contribution in [0.1, 0.15) is 32.8 Å². The van der Waals surface area contributed by atoms with E-state index in [1.807, 2.05) is 30.3 Å². The lowest BCUT2D eigenvalue weighted by Gasteiger charge is -2.28. The van der Waals surface area contributed by atoms with Crippen LogP contribution in [0.25, 0.3) is 21.3 Å². The van der Waals surface area contributed by atoms with Gasteiger partial charge in [0.1, 0.15) is 5.75 Å². The van der Waals surface area contributed by atoms with Gasteiger partial charge in [0.25, 0.3) is 0 Å². The number of hydrogen-bond donors (Lipinski definition) is 1. The van der Waals surface area contributed by atoms with Crippen molar-refractivity contribution in [1.82, 2.24) is 4.98 Å². The van der Waals surface area contributed by atoms with Crippen molar-refractivity contribution in [1.29, 1.82) is 0 Å². The van der Waals surface area contributed by atoms with E-state index >= 15 is 0 Å². The van der Waals surface area contributed by atoms with Crippen LogP contribution in [0, 0.1) is 0 Å². The van der Waals surface area contributed by atoms with Crippen molar-refractivity contribution < 1.29 is 14.3 Å². The SMILES string of the molecule is COc1c(-c2ccc3nc(N)sc3c2)cc(N2C=CC(=O)CC2=O)cc1C(C)(C)C. The molecule has 3 aromatic rings. The Morgan fingerprint density at radius 2 is 1.93 bits per heavy atom. The minimum atomic E-state index is -0.246. The Morgan fingerprint density at radius 1 is 1.17 bits per heavy atom. The van der Waals surface area contributed by atoms with Gasteiger partial charge in [0.15, 0.2) is 10.9 Å². The third-order valence-corrected chi connectivity index (χ3v) is 5.93. The molecule has 0 atom stereocenters. The van der Waals surface area contributed by atoms with Crippen LogP contribution in [0.15, 0.2) is 42.6 Å². The monoisotopic (exact) mass is 421 g/mol. The highest BCUT2D eigenvalue weighted by Gasteiger charge is 2.27. The molecule has 30 heavy (non-hydrogen) atoms. The molecule has 0 radical (unpaired) electrons. The van der Waals surface area contributed by atoms with Crippen molar-refractivity contribution in [2.45, 2.75) is 32.6 Å². The minimum absolute atomic E-state index is 0.130. The highest BCUT2D eigenvalue weighted by atomic mass is 32.1. The van der Waals surface area contributed by atoms with Crippen LogP contribution < -0.4 is 15.4 Å². The maximum absolute atomic E-state index is 12.5. The normalized spacial score (nSPS) is 14.6. The van der Waals surface area contributed by atoms with Crippen LogP contribution in [0.5, 0.6) is 5.75 Å². The summed E-state index contributed by atoms with van der Waals surface area (Å²) in [5.41, 5.74) is 9.97. The number of hydrogen-bond acceptors (Lipinski definition) is 6. The van der Waals surface area contributed by atoms with Gasteiger partial charge in [-0.05, 0) is 41.3 Å². The Kier molecular flexibility index (Phi) is 4.86. The first kappa shape index (κ1) is 20.1. The van der Waals surface area contributed by atoms with Crippen LogP contribution >= 0.6 is 11.3 Å². The largest absolute Gasteiger partial charge is 0.496 e. The first-order valence-corrected chi connectivity index (χ1v) is 10.4. The molecule has 2 N–H and O–H groups in total. The summed E-state index contributed by atoms with van der Waals surface area (Å²) < 4.78 is 6.83. The summed E-state index contributed by atoms with van der Waals surface area (Å²) in [4.78, 5) is 30.0. The maximum atomic E-state index is 12.5. The molecule has 0 fully saturated rings. The minimum Gasteiger partial charge on any atom is -0.496 e. The molecule has 7 heteroatoms. The average molecular weight is 422 g/mol. The molecule has 2 aromatic carbocycles. The molecule has 0 saturated carbocycles. The van der Waals surface area contributed by atoms with Crippen molar-refractivity contribution in [3.05, 3.63) is 48.2 Å². The number of ether oxygens (including phenoxy) is 1. The Labute approximate surface area is 179 Å². The van der Waals surface area contributed by atoms with Crippen molar-refractivity contribution >= 4 is 44.1 Å². The number of carbonyl (C=O) groups is 2. The summed E-state index contributed by atoms with van der Waals surface area (Å²) in [6, 6.07) is 9.84. The summed E-state index contributed by atoms with van der Waals surface area (Å²) in [5, 5.41) is 0.520. The van der Waals surface area contributed by atoms with E-state index < -0.39 is 0 Å². The third-order valence-electron chi connectivity index (χ3n) is 5.08. The standard InChI is InChI=1S/C23H23N3O3S/c1-23(2,3)17-11-14(26-8-7-15(27)12-20(26)28)10-16(21(17)29-4)13-5-6-18-19(9-13)30-22(24)25-18/h5-11H,12H2,1-4H3,(H2,24,25). The summed E-state index contributed by atoms with van der Waals surface area (Å²) in [5.74, 6) is 0.325. The van der Waals surface area contributed by atoms with Gasteiger partial charge in [-0.1, -0.05) is 38.2 Å². The van der Waals surface area contributed by atoms with Crippen molar-refractivity contribution in [3.63, 3.8) is 0 Å². The van der Waals surface area contributed by atoms with Gasteiger partial charge in [-0.15, -0.1) is 0 Å². The fourth-order valence-electron chi connectivity index (χ4n) is 3.62. The van der Waals surface area contributed by atoms with E-state index in [1.54, 1.807) is 13.3 Å². The first-order chi connectivity index (χ1) is 14.2. The Hall–Kier alpha value is -3.19. The van der Waals surface area contributed by atoms with E-state index in [0.717, 1.165) is 32.7 Å². The van der Waals surface area contributed by atoms with Gasteiger partial charge >= 0.3 is 0 Å². The Morgan fingerprint density at radius 3 is 2.60 bits per heavy atom. The molecule has 4 rings (SSSR count). The zero-order valence-electron chi connectivity index (χ0n) is 17.4. The fourth-order valence-corrected chi connectivity index (χ4v) is 4.39. The van der Waals surface area contributed by atoms with E-state index in [2.05, 4.69) is 25.8 Å². The molecule has 0 saturated heterocycles. The summed E-state index contributed by atoms with van der Waals surface area (Å²) >= 11 is 1.43. The van der Waals surface area contributed by atoms with Crippen LogP contribution in [0.4, 0.5) is 10.8 Å². The lowest BCUT2D eigenvalue weighted by atomic mass is 9.83. The van der Waals surface area contributed by atoms with Gasteiger partial charge in [0, 0.05) is 23.0 Å². The van der Waals surface area contributed by atoms with Crippen LogP contribution in [-0.2, 0) is 15.0 Å². The van der Waals surface area contributed by atoms with E-state index in [-0.39, 0.29) is 23.5 Å². The highest BCUT2D eigenvalue weighted by molar-refractivity contribution is 7.22. The second-order valence-corrected chi connectivity index (χ2v) is 9.34. The number of nitrogens with zero attached hydrogens (tertiary/aromatic N) is 2. The molecule has 6 nitrogen and oxygen atoms in total. The molecule has 1 aromatic heterocycles. The Bertz CT molecular complexity index is 1200. The molecule has 154 valence electrons. The molecule has 0 bridgehead atoms. The van der Waals surface area contributed by atoms with E-state index in [1.165, 1.54) is 22.3 Å². The molecule has 1 aliphatic heterocycles. The van der Waals surface area contributed by atoms with Crippen LogP contribution in [-0.4, -0.2) is 23.8 Å². The highest BCUT2D eigenvalue weighted by Crippen LogP contribution is 2.43. The van der Waals surface area contributed by atoms with Gasteiger partial charge in [0.2, 0.25) is 5.91 Å². The van der Waals surface area contributed by atoms with Gasteiger partial charge in [-0.2, -0.15) is 0 Å². The third kappa shape index (κ3) is 3.57. The lowest BCUT2D eigenvalue weighted by Crippen LogP contribution is -2.31. The predicted octanol–water partition coefficient (Wildman–Crippen LogP) is 4.67. The first-order valence-electron chi connectivity index (χ1n) is 9.59. The maximum Gasteiger partial charge on any atom is 0.238 e. The quantitative estimate of drug-likeness (QED) is 0.621. The number of rotatable bonds is 3. The number of thiazole rings is 1. The average Bonchev–Trinajstić information content (AvgIpc) is 3.05. The summed E-state index contributed by atoms with van der Waals surface area (Å²) in [6.45, 7) is 6.30. The number of amides is 1. The summed E-state index contributed by atoms with van der Waals surface area (Å²) in [6.07, 6.45) is 2.85. The molecule has 1 aliphatic rings. The lowest BCUT2D eigenvalue weighted by molar-refractivity contribution is -0.124. The number of aromatic nitrogens is 1. The number of fused-ring (bicyclic) bond motifs is 1. The number of ketones is 1. The zero-order chi connectivity index (χ0) is 21.6. The molecular weight excluding hydrogens is 398 g/mol. The number of nitrogen functional groups attached to an aromatic ring is 1. The number of anilines is 2. The molecule has 1 amide bonds. The summed E-state index contributed by atoms with van der Waals surface area (Å²) in [7, 11) is 1.65. The fraction of sp³-hybridized carbons (Fsp3) is 0.261. The predicted molar refractivity (Wildman–Crippen MR) is 121 cm³/mol. The van der Waals surface area contributed by atoms with E-state index in [0.29, 0.717) is 10.8 Å².